The van der Waals surface area contributed by atoms with Gasteiger partial charge in [-0.05, 0) is 43.6 Å². The molecule has 0 unspecified atom stereocenters. The molecular weight excluding hydrogens is 330 g/mol. The molecule has 0 atom stereocenters. The van der Waals surface area contributed by atoms with E-state index in [4.69, 9.17) is 14.6 Å². The summed E-state index contributed by atoms with van der Waals surface area (Å²) in [6.07, 6.45) is 1.38. The van der Waals surface area contributed by atoms with Crippen LogP contribution in [0, 0.1) is 5.92 Å². The summed E-state index contributed by atoms with van der Waals surface area (Å²) in [6, 6.07) is 14.1. The Hall–Kier alpha value is -2.53. The lowest BCUT2D eigenvalue weighted by atomic mass is 9.96. The van der Waals surface area contributed by atoms with Crippen LogP contribution in [0.15, 0.2) is 42.5 Å². The number of hydrogen-bond donors (Lipinski definition) is 1. The van der Waals surface area contributed by atoms with Crippen LogP contribution in [0.4, 0.5) is 0 Å². The average molecular weight is 355 g/mol. The van der Waals surface area contributed by atoms with Crippen molar-refractivity contribution in [2.45, 2.75) is 19.4 Å². The van der Waals surface area contributed by atoms with Crippen molar-refractivity contribution in [1.82, 2.24) is 4.90 Å². The van der Waals surface area contributed by atoms with Gasteiger partial charge in [-0.25, -0.2) is 0 Å². The van der Waals surface area contributed by atoms with Crippen LogP contribution in [0.3, 0.4) is 0 Å². The standard InChI is InChI=1S/C21H25NO4/c1-25-19-13-18(15-6-4-3-5-7-15)20(26-2)12-17(19)14-22-10-8-16(9-11-22)21(23)24/h3-7,12-13,16H,8-11,14H2,1-2H3,(H,23,24). The van der Waals surface area contributed by atoms with Gasteiger partial charge in [-0.3, -0.25) is 9.69 Å². The molecule has 0 saturated carbocycles. The summed E-state index contributed by atoms with van der Waals surface area (Å²) in [7, 11) is 3.35. The Morgan fingerprint density at radius 1 is 1.08 bits per heavy atom. The smallest absolute Gasteiger partial charge is 0.306 e. The molecule has 1 aliphatic heterocycles. The molecule has 5 nitrogen and oxygen atoms in total. The van der Waals surface area contributed by atoms with Gasteiger partial charge in [0.1, 0.15) is 11.5 Å². The second kappa shape index (κ2) is 8.23. The highest BCUT2D eigenvalue weighted by Gasteiger charge is 2.25. The number of rotatable bonds is 6. The molecule has 0 spiro atoms. The number of carboxylic acid groups (broad SMARTS) is 1. The second-order valence-electron chi connectivity index (χ2n) is 6.62. The first-order chi connectivity index (χ1) is 12.6. The minimum absolute atomic E-state index is 0.219. The molecule has 0 bridgehead atoms. The first kappa shape index (κ1) is 18.3. The number of benzene rings is 2. The van der Waals surface area contributed by atoms with Crippen LogP contribution in [-0.4, -0.2) is 43.3 Å². The molecule has 0 aliphatic carbocycles. The van der Waals surface area contributed by atoms with Crippen molar-refractivity contribution in [1.29, 1.82) is 0 Å². The molecule has 5 heteroatoms. The molecule has 1 N–H and O–H groups in total. The first-order valence-corrected chi connectivity index (χ1v) is 8.88. The summed E-state index contributed by atoms with van der Waals surface area (Å²) in [5, 5.41) is 9.15. The Labute approximate surface area is 154 Å². The van der Waals surface area contributed by atoms with Crippen molar-refractivity contribution >= 4 is 5.97 Å². The van der Waals surface area contributed by atoms with Gasteiger partial charge in [-0.15, -0.1) is 0 Å². The number of nitrogens with zero attached hydrogens (tertiary/aromatic N) is 1. The predicted octanol–water partition coefficient (Wildman–Crippen LogP) is 3.67. The molecular formula is C21H25NO4. The average Bonchev–Trinajstić information content (AvgIpc) is 2.68. The van der Waals surface area contributed by atoms with Crippen LogP contribution >= 0.6 is 0 Å². The van der Waals surface area contributed by atoms with E-state index >= 15 is 0 Å². The van der Waals surface area contributed by atoms with Gasteiger partial charge in [-0.2, -0.15) is 0 Å². The predicted molar refractivity (Wildman–Crippen MR) is 101 cm³/mol. The SMILES string of the molecule is COc1cc(-c2ccccc2)c(OC)cc1CN1CCC(C(=O)O)CC1. The van der Waals surface area contributed by atoms with Crippen LogP contribution in [0.5, 0.6) is 11.5 Å². The third-order valence-corrected chi connectivity index (χ3v) is 5.02. The molecule has 0 radical (unpaired) electrons. The van der Waals surface area contributed by atoms with Crippen LogP contribution in [-0.2, 0) is 11.3 Å². The summed E-state index contributed by atoms with van der Waals surface area (Å²) < 4.78 is 11.3. The molecule has 26 heavy (non-hydrogen) atoms. The zero-order valence-corrected chi connectivity index (χ0v) is 15.3. The molecule has 0 aromatic heterocycles. The van der Waals surface area contributed by atoms with Gasteiger partial charge in [0, 0.05) is 17.7 Å². The number of carboxylic acids is 1. The Kier molecular flexibility index (Phi) is 5.78. The maximum absolute atomic E-state index is 11.1. The van der Waals surface area contributed by atoms with Crippen LogP contribution < -0.4 is 9.47 Å². The van der Waals surface area contributed by atoms with E-state index in [1.807, 2.05) is 42.5 Å². The lowest BCUT2D eigenvalue weighted by Crippen LogP contribution is -2.35. The first-order valence-electron chi connectivity index (χ1n) is 8.88. The van der Waals surface area contributed by atoms with Crippen molar-refractivity contribution in [2.24, 2.45) is 5.92 Å². The number of ether oxygens (including phenoxy) is 2. The highest BCUT2D eigenvalue weighted by atomic mass is 16.5. The quantitative estimate of drug-likeness (QED) is 0.857. The summed E-state index contributed by atoms with van der Waals surface area (Å²) in [5.41, 5.74) is 3.13. The second-order valence-corrected chi connectivity index (χ2v) is 6.62. The fourth-order valence-corrected chi connectivity index (χ4v) is 3.51. The molecule has 0 amide bonds. The summed E-state index contributed by atoms with van der Waals surface area (Å²) in [4.78, 5) is 13.4. The minimum Gasteiger partial charge on any atom is -0.496 e. The normalized spacial score (nSPS) is 15.6. The molecule has 1 fully saturated rings. The molecule has 2 aromatic carbocycles. The van der Waals surface area contributed by atoms with Crippen molar-refractivity contribution in [2.75, 3.05) is 27.3 Å². The Morgan fingerprint density at radius 2 is 1.73 bits per heavy atom. The van der Waals surface area contributed by atoms with E-state index in [0.29, 0.717) is 12.8 Å². The molecule has 2 aromatic rings. The number of hydrogen-bond acceptors (Lipinski definition) is 4. The Morgan fingerprint density at radius 3 is 2.31 bits per heavy atom. The minimum atomic E-state index is -0.684. The Bertz CT molecular complexity index is 752. The van der Waals surface area contributed by atoms with E-state index in [-0.39, 0.29) is 5.92 Å². The van der Waals surface area contributed by atoms with Crippen molar-refractivity contribution in [3.63, 3.8) is 0 Å². The fraction of sp³-hybridized carbons (Fsp3) is 0.381. The highest BCUT2D eigenvalue weighted by molar-refractivity contribution is 5.73. The summed E-state index contributed by atoms with van der Waals surface area (Å²) in [6.45, 7) is 2.28. The third kappa shape index (κ3) is 3.99. The van der Waals surface area contributed by atoms with Crippen molar-refractivity contribution in [3.8, 4) is 22.6 Å². The molecule has 3 rings (SSSR count). The zero-order valence-electron chi connectivity index (χ0n) is 15.3. The number of carbonyl (C=O) groups is 1. The van der Waals surface area contributed by atoms with E-state index in [0.717, 1.165) is 47.8 Å². The topological polar surface area (TPSA) is 59.0 Å². The van der Waals surface area contributed by atoms with Gasteiger partial charge < -0.3 is 14.6 Å². The van der Waals surface area contributed by atoms with Crippen molar-refractivity contribution in [3.05, 3.63) is 48.0 Å². The van der Waals surface area contributed by atoms with Gasteiger partial charge in [0.2, 0.25) is 0 Å². The fourth-order valence-electron chi connectivity index (χ4n) is 3.51. The van der Waals surface area contributed by atoms with Gasteiger partial charge in [0.25, 0.3) is 0 Å². The van der Waals surface area contributed by atoms with Gasteiger partial charge >= 0.3 is 5.97 Å². The van der Waals surface area contributed by atoms with E-state index in [1.54, 1.807) is 14.2 Å². The third-order valence-electron chi connectivity index (χ3n) is 5.02. The van der Waals surface area contributed by atoms with Crippen LogP contribution in [0.2, 0.25) is 0 Å². The molecule has 138 valence electrons. The van der Waals surface area contributed by atoms with E-state index in [2.05, 4.69) is 4.90 Å². The van der Waals surface area contributed by atoms with Crippen molar-refractivity contribution < 1.29 is 19.4 Å². The van der Waals surface area contributed by atoms with Crippen LogP contribution in [0.25, 0.3) is 11.1 Å². The largest absolute Gasteiger partial charge is 0.496 e. The van der Waals surface area contributed by atoms with Gasteiger partial charge in [0.15, 0.2) is 0 Å². The number of likely N-dealkylation sites (tertiary alicyclic amines) is 1. The number of aliphatic carboxylic acids is 1. The van der Waals surface area contributed by atoms with E-state index in [9.17, 15) is 4.79 Å². The van der Waals surface area contributed by atoms with E-state index < -0.39 is 5.97 Å². The lowest BCUT2D eigenvalue weighted by molar-refractivity contribution is -0.143. The zero-order chi connectivity index (χ0) is 18.5. The molecule has 1 aliphatic rings. The van der Waals surface area contributed by atoms with E-state index in [1.165, 1.54) is 0 Å². The maximum Gasteiger partial charge on any atom is 0.306 e. The monoisotopic (exact) mass is 355 g/mol. The number of methoxy groups -OCH3 is 2. The summed E-state index contributed by atoms with van der Waals surface area (Å²) >= 11 is 0. The number of piperidine rings is 1. The summed E-state index contributed by atoms with van der Waals surface area (Å²) in [5.74, 6) is 0.733. The van der Waals surface area contributed by atoms with Gasteiger partial charge in [0.05, 0.1) is 20.1 Å². The maximum atomic E-state index is 11.1. The lowest BCUT2D eigenvalue weighted by Gasteiger charge is -2.30. The Balaban J connectivity index is 1.83. The molecule has 1 saturated heterocycles. The van der Waals surface area contributed by atoms with Crippen LogP contribution in [0.1, 0.15) is 18.4 Å². The molecule has 1 heterocycles. The van der Waals surface area contributed by atoms with Gasteiger partial charge in [-0.1, -0.05) is 30.3 Å². The highest BCUT2D eigenvalue weighted by Crippen LogP contribution is 2.37.